The van der Waals surface area contributed by atoms with Gasteiger partial charge in [-0.25, -0.2) is 4.98 Å². The number of hydrogen-bond acceptors (Lipinski definition) is 4. The topological polar surface area (TPSA) is 38.7 Å². The Hall–Kier alpha value is -0.640. The molecule has 0 atom stereocenters. The van der Waals surface area contributed by atoms with Crippen molar-refractivity contribution in [2.75, 3.05) is 6.26 Å². The van der Waals surface area contributed by atoms with Gasteiger partial charge in [0.2, 0.25) is 5.16 Å². The molecule has 1 aromatic rings. The molecular weight excluding hydrogens is 170 g/mol. The van der Waals surface area contributed by atoms with Gasteiger partial charge in [-0.15, -0.1) is 5.10 Å². The Balaban J connectivity index is 3.02. The number of rotatable bonds is 3. The van der Waals surface area contributed by atoms with Crippen molar-refractivity contribution in [3.63, 3.8) is 0 Å². The molecule has 0 aliphatic heterocycles. The molecule has 0 bridgehead atoms. The molecule has 0 aromatic carbocycles. The highest BCUT2D eigenvalue weighted by Gasteiger charge is 2.04. The maximum absolute atomic E-state index is 4.37. The van der Waals surface area contributed by atoms with Crippen LogP contribution in [0.4, 0.5) is 0 Å². The minimum Gasteiger partial charge on any atom is -0.224 e. The molecule has 0 fully saturated rings. The monoisotopic (exact) mass is 183 g/mol. The first-order valence-electron chi connectivity index (χ1n) is 4.08. The lowest BCUT2D eigenvalue weighted by atomic mass is 10.2. The second-order valence-electron chi connectivity index (χ2n) is 2.40. The molecule has 3 nitrogen and oxygen atoms in total. The van der Waals surface area contributed by atoms with Crippen molar-refractivity contribution in [3.8, 4) is 0 Å². The van der Waals surface area contributed by atoms with Gasteiger partial charge in [-0.2, -0.15) is 5.10 Å². The third kappa shape index (κ3) is 1.94. The van der Waals surface area contributed by atoms with E-state index in [4.69, 9.17) is 0 Å². The Morgan fingerprint density at radius 1 is 1.08 bits per heavy atom. The van der Waals surface area contributed by atoms with Crippen molar-refractivity contribution in [2.45, 2.75) is 31.8 Å². The van der Waals surface area contributed by atoms with Crippen LogP contribution in [0.2, 0.25) is 0 Å². The Morgan fingerprint density at radius 3 is 2.25 bits per heavy atom. The Bertz CT molecular complexity index is 262. The zero-order valence-corrected chi connectivity index (χ0v) is 8.48. The van der Waals surface area contributed by atoms with Gasteiger partial charge in [0.1, 0.15) is 0 Å². The van der Waals surface area contributed by atoms with Crippen molar-refractivity contribution in [3.05, 3.63) is 11.4 Å². The molecule has 0 saturated heterocycles. The fourth-order valence-corrected chi connectivity index (χ4v) is 1.33. The largest absolute Gasteiger partial charge is 0.224 e. The molecule has 0 aliphatic rings. The Morgan fingerprint density at radius 2 is 1.75 bits per heavy atom. The van der Waals surface area contributed by atoms with E-state index in [0.29, 0.717) is 0 Å². The standard InChI is InChI=1S/C8H13N3S/c1-4-6-7(5-2)10-11-8(9-6)12-3/h4-5H2,1-3H3. The third-order valence-corrected chi connectivity index (χ3v) is 2.21. The highest BCUT2D eigenvalue weighted by Crippen LogP contribution is 2.10. The van der Waals surface area contributed by atoms with Gasteiger partial charge in [0, 0.05) is 0 Å². The summed E-state index contributed by atoms with van der Waals surface area (Å²) in [5, 5.41) is 8.85. The van der Waals surface area contributed by atoms with Crippen molar-refractivity contribution >= 4 is 11.8 Å². The zero-order valence-electron chi connectivity index (χ0n) is 7.66. The van der Waals surface area contributed by atoms with Crippen LogP contribution in [0.15, 0.2) is 5.16 Å². The first kappa shape index (κ1) is 9.45. The highest BCUT2D eigenvalue weighted by atomic mass is 32.2. The Kier molecular flexibility index (Phi) is 3.47. The quantitative estimate of drug-likeness (QED) is 0.669. The van der Waals surface area contributed by atoms with Crippen LogP contribution in [0.25, 0.3) is 0 Å². The predicted octanol–water partition coefficient (Wildman–Crippen LogP) is 1.72. The van der Waals surface area contributed by atoms with Crippen LogP contribution in [0.3, 0.4) is 0 Å². The summed E-state index contributed by atoms with van der Waals surface area (Å²) in [5.74, 6) is 0. The van der Waals surface area contributed by atoms with Gasteiger partial charge in [0.25, 0.3) is 0 Å². The lowest BCUT2D eigenvalue weighted by Gasteiger charge is -2.02. The van der Waals surface area contributed by atoms with Gasteiger partial charge in [-0.1, -0.05) is 25.6 Å². The second-order valence-corrected chi connectivity index (χ2v) is 3.17. The van der Waals surface area contributed by atoms with Gasteiger partial charge < -0.3 is 0 Å². The molecule has 0 spiro atoms. The van der Waals surface area contributed by atoms with Crippen LogP contribution in [-0.4, -0.2) is 21.4 Å². The SMILES string of the molecule is CCc1nnc(SC)nc1CC. The molecule has 1 rings (SSSR count). The first-order chi connectivity index (χ1) is 5.81. The van der Waals surface area contributed by atoms with E-state index in [9.17, 15) is 0 Å². The van der Waals surface area contributed by atoms with Crippen LogP contribution in [-0.2, 0) is 12.8 Å². The molecule has 12 heavy (non-hydrogen) atoms. The molecule has 0 N–H and O–H groups in total. The highest BCUT2D eigenvalue weighted by molar-refractivity contribution is 7.98. The zero-order chi connectivity index (χ0) is 8.97. The molecule has 0 aliphatic carbocycles. The summed E-state index contributed by atoms with van der Waals surface area (Å²) in [5.41, 5.74) is 2.10. The van der Waals surface area contributed by atoms with E-state index < -0.39 is 0 Å². The van der Waals surface area contributed by atoms with Gasteiger partial charge in [-0.3, -0.25) is 0 Å². The Labute approximate surface area is 77.0 Å². The first-order valence-corrected chi connectivity index (χ1v) is 5.30. The van der Waals surface area contributed by atoms with E-state index in [1.807, 2.05) is 6.26 Å². The summed E-state index contributed by atoms with van der Waals surface area (Å²) in [7, 11) is 0. The summed E-state index contributed by atoms with van der Waals surface area (Å²) in [6.07, 6.45) is 3.81. The van der Waals surface area contributed by atoms with Crippen LogP contribution in [0.5, 0.6) is 0 Å². The minimum atomic E-state index is 0.768. The van der Waals surface area contributed by atoms with E-state index in [1.54, 1.807) is 0 Å². The molecule has 0 amide bonds. The molecule has 0 unspecified atom stereocenters. The van der Waals surface area contributed by atoms with E-state index in [-0.39, 0.29) is 0 Å². The number of hydrogen-bond donors (Lipinski definition) is 0. The molecule has 0 saturated carbocycles. The molecule has 4 heteroatoms. The third-order valence-electron chi connectivity index (χ3n) is 1.67. The maximum Gasteiger partial charge on any atom is 0.209 e. The number of thioether (sulfide) groups is 1. The van der Waals surface area contributed by atoms with Crippen LogP contribution in [0.1, 0.15) is 25.2 Å². The number of aromatic nitrogens is 3. The van der Waals surface area contributed by atoms with E-state index >= 15 is 0 Å². The molecule has 1 aromatic heterocycles. The molecule has 66 valence electrons. The van der Waals surface area contributed by atoms with Gasteiger partial charge in [0.15, 0.2) is 0 Å². The summed E-state index contributed by atoms with van der Waals surface area (Å²) < 4.78 is 0. The van der Waals surface area contributed by atoms with Crippen LogP contribution in [0, 0.1) is 0 Å². The van der Waals surface area contributed by atoms with E-state index in [1.165, 1.54) is 11.8 Å². The van der Waals surface area contributed by atoms with Crippen molar-refractivity contribution in [1.29, 1.82) is 0 Å². The van der Waals surface area contributed by atoms with E-state index in [0.717, 1.165) is 29.4 Å². The normalized spacial score (nSPS) is 10.2. The fraction of sp³-hybridized carbons (Fsp3) is 0.625. The lowest BCUT2D eigenvalue weighted by molar-refractivity contribution is 0.746. The summed E-state index contributed by atoms with van der Waals surface area (Å²) in [6, 6.07) is 0. The predicted molar refractivity (Wildman–Crippen MR) is 50.4 cm³/mol. The van der Waals surface area contributed by atoms with Crippen molar-refractivity contribution < 1.29 is 0 Å². The van der Waals surface area contributed by atoms with Gasteiger partial charge in [-0.05, 0) is 19.1 Å². The molecule has 1 heterocycles. The maximum atomic E-state index is 4.37. The number of nitrogens with zero attached hydrogens (tertiary/aromatic N) is 3. The van der Waals surface area contributed by atoms with Crippen LogP contribution < -0.4 is 0 Å². The fourth-order valence-electron chi connectivity index (χ4n) is 1.01. The van der Waals surface area contributed by atoms with E-state index in [2.05, 4.69) is 29.0 Å². The van der Waals surface area contributed by atoms with Gasteiger partial charge in [0.05, 0.1) is 11.4 Å². The number of aryl methyl sites for hydroxylation is 2. The lowest BCUT2D eigenvalue weighted by Crippen LogP contribution is -2.03. The second kappa shape index (κ2) is 4.40. The minimum absolute atomic E-state index is 0.768. The van der Waals surface area contributed by atoms with Crippen molar-refractivity contribution in [2.24, 2.45) is 0 Å². The molecule has 0 radical (unpaired) electrons. The average Bonchev–Trinajstić information content (AvgIpc) is 2.16. The summed E-state index contributed by atoms with van der Waals surface area (Å²) in [4.78, 5) is 4.37. The van der Waals surface area contributed by atoms with Gasteiger partial charge >= 0.3 is 0 Å². The average molecular weight is 183 g/mol. The van der Waals surface area contributed by atoms with Crippen LogP contribution >= 0.6 is 11.8 Å². The summed E-state index contributed by atoms with van der Waals surface area (Å²) >= 11 is 1.53. The van der Waals surface area contributed by atoms with Crippen molar-refractivity contribution in [1.82, 2.24) is 15.2 Å². The summed E-state index contributed by atoms with van der Waals surface area (Å²) in [6.45, 7) is 4.16. The molecular formula is C8H13N3S. The smallest absolute Gasteiger partial charge is 0.209 e.